The molecule has 1 saturated carbocycles. The summed E-state index contributed by atoms with van der Waals surface area (Å²) in [6.45, 7) is 3.61. The van der Waals surface area contributed by atoms with Crippen LogP contribution in [0.25, 0.3) is 0 Å². The summed E-state index contributed by atoms with van der Waals surface area (Å²) in [4.78, 5) is 27.0. The van der Waals surface area contributed by atoms with E-state index < -0.39 is 6.04 Å². The summed E-state index contributed by atoms with van der Waals surface area (Å²) in [5, 5.41) is 2.95. The zero-order chi connectivity index (χ0) is 16.9. The average molecular weight is 326 g/mol. The summed E-state index contributed by atoms with van der Waals surface area (Å²) in [7, 11) is 0. The van der Waals surface area contributed by atoms with Gasteiger partial charge in [0, 0.05) is 25.6 Å². The van der Waals surface area contributed by atoms with Gasteiger partial charge in [0.15, 0.2) is 0 Å². The van der Waals surface area contributed by atoms with Crippen molar-refractivity contribution in [3.8, 4) is 0 Å². The van der Waals surface area contributed by atoms with Crippen molar-refractivity contribution in [1.29, 1.82) is 0 Å². The number of hydrogen-bond acceptors (Lipinski definition) is 2. The quantitative estimate of drug-likeness (QED) is 0.817. The molecule has 1 N–H and O–H groups in total. The summed E-state index contributed by atoms with van der Waals surface area (Å²) in [5.41, 5.74) is 2.19. The van der Waals surface area contributed by atoms with E-state index in [1.807, 2.05) is 42.2 Å². The fraction of sp³-hybridized carbons (Fsp3) is 0.500. The number of amides is 2. The number of allylic oxidation sites excluding steroid dienone is 1. The Morgan fingerprint density at radius 1 is 1.21 bits per heavy atom. The van der Waals surface area contributed by atoms with Crippen LogP contribution in [0.3, 0.4) is 0 Å². The topological polar surface area (TPSA) is 49.4 Å². The van der Waals surface area contributed by atoms with Crippen molar-refractivity contribution in [3.05, 3.63) is 47.5 Å². The van der Waals surface area contributed by atoms with Crippen molar-refractivity contribution < 1.29 is 9.59 Å². The van der Waals surface area contributed by atoms with Gasteiger partial charge in [-0.05, 0) is 44.1 Å². The molecular weight excluding hydrogens is 300 g/mol. The minimum Gasteiger partial charge on any atom is -0.341 e. The Labute approximate surface area is 143 Å². The van der Waals surface area contributed by atoms with E-state index in [1.165, 1.54) is 12.8 Å². The first-order chi connectivity index (χ1) is 11.6. The Morgan fingerprint density at radius 3 is 2.50 bits per heavy atom. The van der Waals surface area contributed by atoms with Crippen molar-refractivity contribution in [3.63, 3.8) is 0 Å². The van der Waals surface area contributed by atoms with Crippen LogP contribution in [0.4, 0.5) is 0 Å². The minimum absolute atomic E-state index is 0.0437. The molecule has 0 radical (unpaired) electrons. The van der Waals surface area contributed by atoms with Crippen LogP contribution in [0.2, 0.25) is 0 Å². The first-order valence-corrected chi connectivity index (χ1v) is 8.95. The van der Waals surface area contributed by atoms with Crippen molar-refractivity contribution in [2.24, 2.45) is 5.92 Å². The molecule has 2 amide bonds. The number of benzene rings is 1. The predicted molar refractivity (Wildman–Crippen MR) is 94.4 cm³/mol. The lowest BCUT2D eigenvalue weighted by Gasteiger charge is -2.24. The van der Waals surface area contributed by atoms with Crippen LogP contribution < -0.4 is 5.32 Å². The third kappa shape index (κ3) is 4.47. The highest BCUT2D eigenvalue weighted by Gasteiger charge is 2.28. The third-order valence-corrected chi connectivity index (χ3v) is 4.90. The van der Waals surface area contributed by atoms with Gasteiger partial charge in [-0.25, -0.2) is 0 Å². The standard InChI is InChI=1S/C20H26N2O2/c1-15(17-9-10-17)13-19(23)21-18(14-16-7-3-2-4-8-16)20(24)22-11-5-6-12-22/h2-4,7-8,13,17-18H,5-6,9-12,14H2,1H3,(H,21,23)/b15-13+/t18-/m1/s1. The smallest absolute Gasteiger partial charge is 0.245 e. The summed E-state index contributed by atoms with van der Waals surface area (Å²) in [6.07, 6.45) is 6.67. The second-order valence-corrected chi connectivity index (χ2v) is 6.95. The maximum absolute atomic E-state index is 12.8. The second-order valence-electron chi connectivity index (χ2n) is 6.95. The molecule has 1 aliphatic heterocycles. The molecule has 1 heterocycles. The SMILES string of the molecule is C/C(=C\C(=O)N[C@H](Cc1ccccc1)C(=O)N1CCCC1)C1CC1. The van der Waals surface area contributed by atoms with Crippen LogP contribution in [0.15, 0.2) is 42.0 Å². The molecule has 128 valence electrons. The lowest BCUT2D eigenvalue weighted by molar-refractivity contribution is -0.134. The molecule has 0 spiro atoms. The monoisotopic (exact) mass is 326 g/mol. The number of nitrogens with one attached hydrogen (secondary N) is 1. The Balaban J connectivity index is 1.69. The molecule has 0 unspecified atom stereocenters. The van der Waals surface area contributed by atoms with E-state index in [4.69, 9.17) is 0 Å². The molecule has 2 fully saturated rings. The first-order valence-electron chi connectivity index (χ1n) is 8.95. The number of carbonyl (C=O) groups excluding carboxylic acids is 2. The maximum Gasteiger partial charge on any atom is 0.245 e. The predicted octanol–water partition coefficient (Wildman–Crippen LogP) is 2.69. The molecule has 1 aliphatic carbocycles. The van der Waals surface area contributed by atoms with E-state index in [1.54, 1.807) is 6.08 Å². The molecule has 4 heteroatoms. The van der Waals surface area contributed by atoms with Crippen LogP contribution in [-0.2, 0) is 16.0 Å². The van der Waals surface area contributed by atoms with Gasteiger partial charge in [0.05, 0.1) is 0 Å². The van der Waals surface area contributed by atoms with Crippen LogP contribution >= 0.6 is 0 Å². The van der Waals surface area contributed by atoms with E-state index in [9.17, 15) is 9.59 Å². The molecule has 0 aromatic heterocycles. The van der Waals surface area contributed by atoms with E-state index in [0.717, 1.165) is 37.1 Å². The van der Waals surface area contributed by atoms with Crippen LogP contribution in [0.5, 0.6) is 0 Å². The van der Waals surface area contributed by atoms with Crippen molar-refractivity contribution in [2.75, 3.05) is 13.1 Å². The molecule has 1 saturated heterocycles. The molecule has 0 bridgehead atoms. The van der Waals surface area contributed by atoms with Crippen LogP contribution in [0, 0.1) is 5.92 Å². The minimum atomic E-state index is -0.485. The van der Waals surface area contributed by atoms with E-state index in [-0.39, 0.29) is 11.8 Å². The molecule has 3 rings (SSSR count). The number of rotatable bonds is 6. The molecule has 24 heavy (non-hydrogen) atoms. The summed E-state index contributed by atoms with van der Waals surface area (Å²) in [5.74, 6) is 0.465. The highest BCUT2D eigenvalue weighted by molar-refractivity contribution is 5.93. The molecule has 1 aromatic rings. The molecular formula is C20H26N2O2. The molecule has 1 aromatic carbocycles. The second kappa shape index (κ2) is 7.65. The Kier molecular flexibility index (Phi) is 5.34. The van der Waals surface area contributed by atoms with Crippen molar-refractivity contribution >= 4 is 11.8 Å². The summed E-state index contributed by atoms with van der Waals surface area (Å²) in [6, 6.07) is 9.41. The molecule has 2 aliphatic rings. The zero-order valence-electron chi connectivity index (χ0n) is 14.3. The van der Waals surface area contributed by atoms with Gasteiger partial charge in [0.1, 0.15) is 6.04 Å². The normalized spacial score (nSPS) is 19.2. The van der Waals surface area contributed by atoms with Gasteiger partial charge in [0.2, 0.25) is 11.8 Å². The maximum atomic E-state index is 12.8. The molecule has 4 nitrogen and oxygen atoms in total. The van der Waals surface area contributed by atoms with E-state index in [0.29, 0.717) is 12.3 Å². The zero-order valence-corrected chi connectivity index (χ0v) is 14.3. The third-order valence-electron chi connectivity index (χ3n) is 4.90. The fourth-order valence-electron chi connectivity index (χ4n) is 3.28. The van der Waals surface area contributed by atoms with Gasteiger partial charge in [-0.1, -0.05) is 35.9 Å². The van der Waals surface area contributed by atoms with Gasteiger partial charge in [-0.15, -0.1) is 0 Å². The summed E-state index contributed by atoms with van der Waals surface area (Å²) < 4.78 is 0. The van der Waals surface area contributed by atoms with Crippen LogP contribution in [0.1, 0.15) is 38.2 Å². The Morgan fingerprint density at radius 2 is 1.88 bits per heavy atom. The van der Waals surface area contributed by atoms with Gasteiger partial charge in [0.25, 0.3) is 0 Å². The van der Waals surface area contributed by atoms with Crippen LogP contribution in [-0.4, -0.2) is 35.8 Å². The van der Waals surface area contributed by atoms with Gasteiger partial charge < -0.3 is 10.2 Å². The van der Waals surface area contributed by atoms with E-state index >= 15 is 0 Å². The van der Waals surface area contributed by atoms with Crippen molar-refractivity contribution in [1.82, 2.24) is 10.2 Å². The Hall–Kier alpha value is -2.10. The lowest BCUT2D eigenvalue weighted by Crippen LogP contribution is -2.48. The highest BCUT2D eigenvalue weighted by Crippen LogP contribution is 2.35. The first kappa shape index (κ1) is 16.7. The van der Waals surface area contributed by atoms with Crippen molar-refractivity contribution in [2.45, 2.75) is 45.1 Å². The van der Waals surface area contributed by atoms with Gasteiger partial charge in [-0.2, -0.15) is 0 Å². The number of nitrogens with zero attached hydrogens (tertiary/aromatic N) is 1. The van der Waals surface area contributed by atoms with Gasteiger partial charge >= 0.3 is 0 Å². The lowest BCUT2D eigenvalue weighted by atomic mass is 10.0. The number of carbonyl (C=O) groups is 2. The summed E-state index contributed by atoms with van der Waals surface area (Å²) >= 11 is 0. The van der Waals surface area contributed by atoms with Gasteiger partial charge in [-0.3, -0.25) is 9.59 Å². The fourth-order valence-corrected chi connectivity index (χ4v) is 3.28. The van der Waals surface area contributed by atoms with E-state index in [2.05, 4.69) is 5.32 Å². The average Bonchev–Trinajstić information content (AvgIpc) is 3.29. The number of hydrogen-bond donors (Lipinski definition) is 1. The Bertz CT molecular complexity index is 614. The highest BCUT2D eigenvalue weighted by atomic mass is 16.2. The largest absolute Gasteiger partial charge is 0.341 e. The number of likely N-dealkylation sites (tertiary alicyclic amines) is 1. The molecule has 1 atom stereocenters.